The molecule has 1 N–H and O–H groups in total. The third-order valence-electron chi connectivity index (χ3n) is 4.41. The molecule has 106 valence electrons. The van der Waals surface area contributed by atoms with Crippen LogP contribution >= 0.6 is 11.6 Å². The van der Waals surface area contributed by atoms with Gasteiger partial charge in [-0.2, -0.15) is 0 Å². The average molecular weight is 290 g/mol. The van der Waals surface area contributed by atoms with Crippen LogP contribution in [0.15, 0.2) is 30.6 Å². The maximum Gasteiger partial charge on any atom is 0.137 e. The number of nitrogens with zero attached hydrogens (tertiary/aromatic N) is 2. The van der Waals surface area contributed by atoms with Crippen molar-refractivity contribution >= 4 is 28.3 Å². The Morgan fingerprint density at radius 3 is 2.75 bits per heavy atom. The second kappa shape index (κ2) is 5.57. The molecule has 1 aliphatic rings. The van der Waals surface area contributed by atoms with Gasteiger partial charge in [-0.1, -0.05) is 19.1 Å². The largest absolute Gasteiger partial charge is 0.363 e. The maximum atomic E-state index is 6.28. The van der Waals surface area contributed by atoms with Gasteiger partial charge < -0.3 is 5.32 Å². The Hall–Kier alpha value is -1.35. The van der Waals surface area contributed by atoms with Gasteiger partial charge in [-0.25, -0.2) is 9.97 Å². The minimum Gasteiger partial charge on any atom is -0.363 e. The van der Waals surface area contributed by atoms with Crippen molar-refractivity contribution in [2.75, 3.05) is 11.2 Å². The van der Waals surface area contributed by atoms with E-state index in [1.165, 1.54) is 12.8 Å². The quantitative estimate of drug-likeness (QED) is 0.859. The van der Waals surface area contributed by atoms with Crippen LogP contribution in [0.3, 0.4) is 0 Å². The summed E-state index contributed by atoms with van der Waals surface area (Å²) >= 11 is 6.28. The summed E-state index contributed by atoms with van der Waals surface area (Å²) < 4.78 is 0. The number of para-hydroxylation sites is 1. The molecule has 0 amide bonds. The number of halogens is 1. The van der Waals surface area contributed by atoms with Crippen molar-refractivity contribution in [1.82, 2.24) is 9.97 Å². The van der Waals surface area contributed by atoms with Crippen LogP contribution in [-0.4, -0.2) is 21.4 Å². The third-order valence-corrected chi connectivity index (χ3v) is 4.93. The molecule has 0 saturated heterocycles. The Balaban J connectivity index is 1.91. The Labute approximate surface area is 124 Å². The SMILES string of the molecule is CC1CCC(CCl)(Nc2ncnc3ccccc23)CC1. The van der Waals surface area contributed by atoms with Gasteiger partial charge in [-0.3, -0.25) is 0 Å². The summed E-state index contributed by atoms with van der Waals surface area (Å²) in [5, 5.41) is 4.69. The fourth-order valence-corrected chi connectivity index (χ4v) is 3.30. The van der Waals surface area contributed by atoms with Gasteiger partial charge in [0.1, 0.15) is 12.1 Å². The molecule has 1 aromatic heterocycles. The number of hydrogen-bond donors (Lipinski definition) is 1. The van der Waals surface area contributed by atoms with E-state index in [4.69, 9.17) is 11.6 Å². The predicted molar refractivity (Wildman–Crippen MR) is 84.2 cm³/mol. The molecule has 1 fully saturated rings. The Morgan fingerprint density at radius 2 is 2.00 bits per heavy atom. The number of hydrogen-bond acceptors (Lipinski definition) is 3. The van der Waals surface area contributed by atoms with E-state index in [-0.39, 0.29) is 5.54 Å². The van der Waals surface area contributed by atoms with Crippen LogP contribution in [0.25, 0.3) is 10.9 Å². The van der Waals surface area contributed by atoms with Crippen molar-refractivity contribution < 1.29 is 0 Å². The lowest BCUT2D eigenvalue weighted by molar-refractivity contribution is 0.286. The fraction of sp³-hybridized carbons (Fsp3) is 0.500. The van der Waals surface area contributed by atoms with Gasteiger partial charge in [0.2, 0.25) is 0 Å². The molecule has 1 heterocycles. The molecule has 0 bridgehead atoms. The summed E-state index contributed by atoms with van der Waals surface area (Å²) in [4.78, 5) is 8.74. The Kier molecular flexibility index (Phi) is 3.79. The van der Waals surface area contributed by atoms with Gasteiger partial charge in [0, 0.05) is 11.3 Å². The standard InChI is InChI=1S/C16H20ClN3/c1-12-6-8-16(10-17,9-7-12)20-15-13-4-2-3-5-14(13)18-11-19-15/h2-5,11-12H,6-10H2,1H3,(H,18,19,20). The van der Waals surface area contributed by atoms with Crippen LogP contribution in [-0.2, 0) is 0 Å². The molecule has 0 spiro atoms. The summed E-state index contributed by atoms with van der Waals surface area (Å²) in [5.41, 5.74) is 0.949. The van der Waals surface area contributed by atoms with E-state index in [9.17, 15) is 0 Å². The lowest BCUT2D eigenvalue weighted by Gasteiger charge is -2.39. The summed E-state index contributed by atoms with van der Waals surface area (Å²) in [6.45, 7) is 2.32. The fourth-order valence-electron chi connectivity index (χ4n) is 2.96. The zero-order chi connectivity index (χ0) is 14.0. The van der Waals surface area contributed by atoms with Gasteiger partial charge >= 0.3 is 0 Å². The van der Waals surface area contributed by atoms with Crippen molar-refractivity contribution in [3.8, 4) is 0 Å². The molecule has 3 nitrogen and oxygen atoms in total. The molecule has 2 aromatic rings. The van der Waals surface area contributed by atoms with Gasteiger partial charge in [-0.05, 0) is 43.7 Å². The Morgan fingerprint density at radius 1 is 1.25 bits per heavy atom. The molecule has 3 rings (SSSR count). The molecule has 0 unspecified atom stereocenters. The van der Waals surface area contributed by atoms with Crippen LogP contribution in [0.5, 0.6) is 0 Å². The van der Waals surface area contributed by atoms with Gasteiger partial charge in [0.05, 0.1) is 11.1 Å². The number of alkyl halides is 1. The van der Waals surface area contributed by atoms with E-state index < -0.39 is 0 Å². The van der Waals surface area contributed by atoms with Gasteiger partial charge in [-0.15, -0.1) is 11.6 Å². The zero-order valence-corrected chi connectivity index (χ0v) is 12.5. The van der Waals surface area contributed by atoms with Crippen molar-refractivity contribution in [3.63, 3.8) is 0 Å². The van der Waals surface area contributed by atoms with E-state index in [1.807, 2.05) is 18.2 Å². The highest BCUT2D eigenvalue weighted by Crippen LogP contribution is 2.36. The van der Waals surface area contributed by atoms with E-state index in [0.717, 1.165) is 35.5 Å². The van der Waals surface area contributed by atoms with Crippen LogP contribution in [0, 0.1) is 5.92 Å². The molecule has 0 aliphatic heterocycles. The molecule has 20 heavy (non-hydrogen) atoms. The second-order valence-electron chi connectivity index (χ2n) is 5.96. The third kappa shape index (κ3) is 2.59. The summed E-state index contributed by atoms with van der Waals surface area (Å²) in [7, 11) is 0. The molecule has 0 radical (unpaired) electrons. The molecular weight excluding hydrogens is 270 g/mol. The smallest absolute Gasteiger partial charge is 0.137 e. The first kappa shape index (κ1) is 13.6. The van der Waals surface area contributed by atoms with Crippen LogP contribution in [0.1, 0.15) is 32.6 Å². The van der Waals surface area contributed by atoms with Crippen LogP contribution in [0.2, 0.25) is 0 Å². The highest BCUT2D eigenvalue weighted by Gasteiger charge is 2.34. The lowest BCUT2D eigenvalue weighted by Crippen LogP contribution is -2.43. The monoisotopic (exact) mass is 289 g/mol. The topological polar surface area (TPSA) is 37.8 Å². The first-order valence-corrected chi connectivity index (χ1v) is 7.80. The zero-order valence-electron chi connectivity index (χ0n) is 11.8. The second-order valence-corrected chi connectivity index (χ2v) is 6.23. The van der Waals surface area contributed by atoms with E-state index in [0.29, 0.717) is 5.88 Å². The van der Waals surface area contributed by atoms with E-state index >= 15 is 0 Å². The number of rotatable bonds is 3. The van der Waals surface area contributed by atoms with Crippen molar-refractivity contribution in [1.29, 1.82) is 0 Å². The molecule has 1 aliphatic carbocycles. The van der Waals surface area contributed by atoms with E-state index in [2.05, 4.69) is 28.3 Å². The molecule has 0 atom stereocenters. The number of nitrogens with one attached hydrogen (secondary N) is 1. The number of aromatic nitrogens is 2. The van der Waals surface area contributed by atoms with Crippen molar-refractivity contribution in [2.24, 2.45) is 5.92 Å². The Bertz CT molecular complexity index is 586. The highest BCUT2D eigenvalue weighted by molar-refractivity contribution is 6.19. The molecular formula is C16H20ClN3. The lowest BCUT2D eigenvalue weighted by atomic mass is 9.78. The highest BCUT2D eigenvalue weighted by atomic mass is 35.5. The summed E-state index contributed by atoms with van der Waals surface area (Å²) in [5.74, 6) is 2.33. The van der Waals surface area contributed by atoms with Crippen LogP contribution < -0.4 is 5.32 Å². The summed E-state index contributed by atoms with van der Waals surface area (Å²) in [6.07, 6.45) is 6.29. The first-order valence-electron chi connectivity index (χ1n) is 7.26. The molecule has 1 saturated carbocycles. The minimum atomic E-state index is -0.0226. The predicted octanol–water partition coefficient (Wildman–Crippen LogP) is 4.23. The summed E-state index contributed by atoms with van der Waals surface area (Å²) in [6, 6.07) is 8.09. The van der Waals surface area contributed by atoms with Crippen molar-refractivity contribution in [3.05, 3.63) is 30.6 Å². The number of fused-ring (bicyclic) bond motifs is 1. The van der Waals surface area contributed by atoms with Gasteiger partial charge in [0.25, 0.3) is 0 Å². The maximum absolute atomic E-state index is 6.28. The average Bonchev–Trinajstić information content (AvgIpc) is 2.50. The van der Waals surface area contributed by atoms with Gasteiger partial charge in [0.15, 0.2) is 0 Å². The number of benzene rings is 1. The molecule has 1 aromatic carbocycles. The number of anilines is 1. The van der Waals surface area contributed by atoms with Crippen LogP contribution in [0.4, 0.5) is 5.82 Å². The minimum absolute atomic E-state index is 0.0226. The van der Waals surface area contributed by atoms with Crippen molar-refractivity contribution in [2.45, 2.75) is 38.1 Å². The normalized spacial score (nSPS) is 26.6. The van der Waals surface area contributed by atoms with E-state index in [1.54, 1.807) is 6.33 Å². The first-order chi connectivity index (χ1) is 9.72. The molecule has 4 heteroatoms.